The van der Waals surface area contributed by atoms with Crippen LogP contribution in [0.25, 0.3) is 0 Å². The molecule has 20 heavy (non-hydrogen) atoms. The van der Waals surface area contributed by atoms with Crippen molar-refractivity contribution in [2.45, 2.75) is 64.6 Å². The fourth-order valence-corrected chi connectivity index (χ4v) is 3.21. The molecule has 0 aromatic heterocycles. The fourth-order valence-electron chi connectivity index (χ4n) is 3.21. The molecule has 1 aromatic carbocycles. The monoisotopic (exact) mass is 274 g/mol. The van der Waals surface area contributed by atoms with Gasteiger partial charge in [0.05, 0.1) is 0 Å². The maximum atomic E-state index is 3.70. The third-order valence-electron chi connectivity index (χ3n) is 4.30. The maximum Gasteiger partial charge on any atom is 0.0475 e. The second-order valence-electron chi connectivity index (χ2n) is 7.00. The maximum absolute atomic E-state index is 3.70. The Labute approximate surface area is 124 Å². The molecule has 2 rings (SSSR count). The van der Waals surface area contributed by atoms with Gasteiger partial charge in [-0.1, -0.05) is 37.3 Å². The van der Waals surface area contributed by atoms with Crippen molar-refractivity contribution in [1.82, 2.24) is 10.2 Å². The Bertz CT molecular complexity index is 394. The average molecular weight is 274 g/mol. The highest BCUT2D eigenvalue weighted by Gasteiger charge is 2.30. The molecule has 0 radical (unpaired) electrons. The third-order valence-corrected chi connectivity index (χ3v) is 4.30. The zero-order chi connectivity index (χ0) is 14.6. The Kier molecular flexibility index (Phi) is 5.22. The third kappa shape index (κ3) is 4.07. The van der Waals surface area contributed by atoms with E-state index in [0.29, 0.717) is 6.04 Å². The number of hydrogen-bond donors (Lipinski definition) is 1. The molecule has 1 N–H and O–H groups in total. The summed E-state index contributed by atoms with van der Waals surface area (Å²) in [6, 6.07) is 12.2. The highest BCUT2D eigenvalue weighted by Crippen LogP contribution is 2.30. The first kappa shape index (κ1) is 15.5. The average Bonchev–Trinajstić information content (AvgIpc) is 2.87. The first-order valence-corrected chi connectivity index (χ1v) is 8.07. The van der Waals surface area contributed by atoms with E-state index in [1.807, 2.05) is 0 Å². The quantitative estimate of drug-likeness (QED) is 0.873. The molecular formula is C18H30N2. The zero-order valence-electron chi connectivity index (χ0n) is 13.5. The van der Waals surface area contributed by atoms with Crippen LogP contribution >= 0.6 is 0 Å². The van der Waals surface area contributed by atoms with Crippen LogP contribution in [0.2, 0.25) is 0 Å². The highest BCUT2D eigenvalue weighted by atomic mass is 15.2. The van der Waals surface area contributed by atoms with E-state index in [1.54, 1.807) is 0 Å². The number of hydrogen-bond acceptors (Lipinski definition) is 2. The summed E-state index contributed by atoms with van der Waals surface area (Å²) < 4.78 is 0. The van der Waals surface area contributed by atoms with Gasteiger partial charge in [-0.3, -0.25) is 4.90 Å². The van der Waals surface area contributed by atoms with Gasteiger partial charge in [0.2, 0.25) is 0 Å². The molecule has 1 fully saturated rings. The molecule has 1 aliphatic heterocycles. The van der Waals surface area contributed by atoms with E-state index in [-0.39, 0.29) is 5.54 Å². The summed E-state index contributed by atoms with van der Waals surface area (Å²) in [4.78, 5) is 2.72. The van der Waals surface area contributed by atoms with Crippen molar-refractivity contribution in [3.8, 4) is 0 Å². The van der Waals surface area contributed by atoms with E-state index >= 15 is 0 Å². The minimum Gasteiger partial charge on any atom is -0.310 e. The Hall–Kier alpha value is -0.860. The molecule has 0 bridgehead atoms. The molecule has 1 saturated heterocycles. The van der Waals surface area contributed by atoms with Crippen LogP contribution in [0.3, 0.4) is 0 Å². The summed E-state index contributed by atoms with van der Waals surface area (Å²) in [5.41, 5.74) is 1.62. The SMILES string of the molecule is CCC1CCCN1C(CNC(C)(C)C)c1ccccc1. The van der Waals surface area contributed by atoms with Gasteiger partial charge in [0.1, 0.15) is 0 Å². The smallest absolute Gasteiger partial charge is 0.0475 e. The standard InChI is InChI=1S/C18H30N2/c1-5-16-12-9-13-20(16)17(14-19-18(2,3)4)15-10-7-6-8-11-15/h6-8,10-11,16-17,19H,5,9,12-14H2,1-4H3. The van der Waals surface area contributed by atoms with Crippen LogP contribution in [-0.4, -0.2) is 29.6 Å². The molecule has 1 aromatic rings. The van der Waals surface area contributed by atoms with Crippen LogP contribution in [0.15, 0.2) is 30.3 Å². The zero-order valence-corrected chi connectivity index (χ0v) is 13.5. The van der Waals surface area contributed by atoms with Crippen LogP contribution in [0.1, 0.15) is 58.6 Å². The lowest BCUT2D eigenvalue weighted by molar-refractivity contribution is 0.164. The number of nitrogens with zero attached hydrogens (tertiary/aromatic N) is 1. The van der Waals surface area contributed by atoms with Crippen LogP contribution in [0.5, 0.6) is 0 Å². The van der Waals surface area contributed by atoms with Gasteiger partial charge in [-0.2, -0.15) is 0 Å². The Morgan fingerprint density at radius 1 is 1.25 bits per heavy atom. The van der Waals surface area contributed by atoms with Crippen molar-refractivity contribution in [2.75, 3.05) is 13.1 Å². The van der Waals surface area contributed by atoms with E-state index in [2.05, 4.69) is 68.2 Å². The van der Waals surface area contributed by atoms with Crippen molar-refractivity contribution < 1.29 is 0 Å². The van der Waals surface area contributed by atoms with Crippen molar-refractivity contribution in [1.29, 1.82) is 0 Å². The molecular weight excluding hydrogens is 244 g/mol. The van der Waals surface area contributed by atoms with Crippen molar-refractivity contribution in [3.63, 3.8) is 0 Å². The van der Waals surface area contributed by atoms with Crippen molar-refractivity contribution >= 4 is 0 Å². The summed E-state index contributed by atoms with van der Waals surface area (Å²) >= 11 is 0. The number of rotatable bonds is 5. The molecule has 112 valence electrons. The molecule has 1 heterocycles. The molecule has 0 saturated carbocycles. The Morgan fingerprint density at radius 2 is 1.95 bits per heavy atom. The van der Waals surface area contributed by atoms with Crippen LogP contribution in [0.4, 0.5) is 0 Å². The van der Waals surface area contributed by atoms with Gasteiger partial charge in [-0.05, 0) is 52.1 Å². The van der Waals surface area contributed by atoms with Gasteiger partial charge in [0.25, 0.3) is 0 Å². The van der Waals surface area contributed by atoms with Crippen molar-refractivity contribution in [2.24, 2.45) is 0 Å². The van der Waals surface area contributed by atoms with Crippen LogP contribution in [0, 0.1) is 0 Å². The van der Waals surface area contributed by atoms with E-state index in [1.165, 1.54) is 31.4 Å². The number of nitrogens with one attached hydrogen (secondary N) is 1. The van der Waals surface area contributed by atoms with Gasteiger partial charge in [-0.25, -0.2) is 0 Å². The summed E-state index contributed by atoms with van der Waals surface area (Å²) in [5.74, 6) is 0. The topological polar surface area (TPSA) is 15.3 Å². The fraction of sp³-hybridized carbons (Fsp3) is 0.667. The molecule has 2 heteroatoms. The summed E-state index contributed by atoms with van der Waals surface area (Å²) in [6.45, 7) is 11.3. The predicted molar refractivity (Wildman–Crippen MR) is 87.0 cm³/mol. The summed E-state index contributed by atoms with van der Waals surface area (Å²) in [7, 11) is 0. The van der Waals surface area contributed by atoms with Gasteiger partial charge in [0, 0.05) is 24.2 Å². The second kappa shape index (κ2) is 6.73. The number of benzene rings is 1. The minimum atomic E-state index is 0.175. The highest BCUT2D eigenvalue weighted by molar-refractivity contribution is 5.20. The van der Waals surface area contributed by atoms with Gasteiger partial charge < -0.3 is 5.32 Å². The Balaban J connectivity index is 2.16. The largest absolute Gasteiger partial charge is 0.310 e. The van der Waals surface area contributed by atoms with Crippen LogP contribution < -0.4 is 5.32 Å². The Morgan fingerprint density at radius 3 is 2.55 bits per heavy atom. The lowest BCUT2D eigenvalue weighted by atomic mass is 10.0. The van der Waals surface area contributed by atoms with Crippen molar-refractivity contribution in [3.05, 3.63) is 35.9 Å². The lowest BCUT2D eigenvalue weighted by Crippen LogP contribution is -2.44. The molecule has 0 amide bonds. The molecule has 2 unspecified atom stereocenters. The predicted octanol–water partition coefficient (Wildman–Crippen LogP) is 3.99. The van der Waals surface area contributed by atoms with Gasteiger partial charge in [0.15, 0.2) is 0 Å². The summed E-state index contributed by atoms with van der Waals surface area (Å²) in [5, 5.41) is 3.70. The molecule has 0 spiro atoms. The molecule has 1 aliphatic rings. The summed E-state index contributed by atoms with van der Waals surface area (Å²) in [6.07, 6.45) is 3.96. The van der Waals surface area contributed by atoms with E-state index in [0.717, 1.165) is 12.6 Å². The van der Waals surface area contributed by atoms with E-state index in [4.69, 9.17) is 0 Å². The van der Waals surface area contributed by atoms with Gasteiger partial charge >= 0.3 is 0 Å². The molecule has 2 atom stereocenters. The lowest BCUT2D eigenvalue weighted by Gasteiger charge is -2.35. The van der Waals surface area contributed by atoms with E-state index in [9.17, 15) is 0 Å². The van der Waals surface area contributed by atoms with Crippen LogP contribution in [-0.2, 0) is 0 Å². The first-order chi connectivity index (χ1) is 9.51. The first-order valence-electron chi connectivity index (χ1n) is 8.07. The number of likely N-dealkylation sites (tertiary alicyclic amines) is 1. The minimum absolute atomic E-state index is 0.175. The van der Waals surface area contributed by atoms with Gasteiger partial charge in [-0.15, -0.1) is 0 Å². The molecule has 2 nitrogen and oxygen atoms in total. The molecule has 0 aliphatic carbocycles. The second-order valence-corrected chi connectivity index (χ2v) is 7.00. The normalized spacial score (nSPS) is 22.1. The van der Waals surface area contributed by atoms with E-state index < -0.39 is 0 Å².